The van der Waals surface area contributed by atoms with Crippen LogP contribution in [-0.4, -0.2) is 46.1 Å². The molecule has 0 aromatic carbocycles. The molecule has 2 aromatic heterocycles. The average molecular weight is 361 g/mol. The highest BCUT2D eigenvalue weighted by Gasteiger charge is 2.31. The fourth-order valence-electron chi connectivity index (χ4n) is 3.77. The Morgan fingerprint density at radius 2 is 1.70 bits per heavy atom. The van der Waals surface area contributed by atoms with Crippen LogP contribution < -0.4 is 9.80 Å². The largest absolute Gasteiger partial charge is 0.353 e. The van der Waals surface area contributed by atoms with E-state index in [9.17, 15) is 0 Å². The fraction of sp³-hybridized carbons (Fsp3) is 0.550. The lowest BCUT2D eigenvalue weighted by molar-refractivity contribution is 0.409. The van der Waals surface area contributed by atoms with Crippen molar-refractivity contribution in [3.63, 3.8) is 0 Å². The van der Waals surface area contributed by atoms with E-state index in [-0.39, 0.29) is 0 Å². The van der Waals surface area contributed by atoms with Crippen molar-refractivity contribution in [3.8, 4) is 6.07 Å². The second-order valence-electron chi connectivity index (χ2n) is 7.74. The first-order valence-corrected chi connectivity index (χ1v) is 9.92. The van der Waals surface area contributed by atoms with Crippen molar-refractivity contribution in [1.82, 2.24) is 19.9 Å². The molecule has 0 radical (unpaired) electrons. The van der Waals surface area contributed by atoms with E-state index in [2.05, 4.69) is 31.9 Å². The summed E-state index contributed by atoms with van der Waals surface area (Å²) in [7, 11) is 0. The predicted molar refractivity (Wildman–Crippen MR) is 102 cm³/mol. The predicted octanol–water partition coefficient (Wildman–Crippen LogP) is 2.61. The summed E-state index contributed by atoms with van der Waals surface area (Å²) in [5.74, 6) is 3.99. The van der Waals surface area contributed by atoms with Gasteiger partial charge in [0.2, 0.25) is 5.95 Å². The minimum atomic E-state index is 0.414. The van der Waals surface area contributed by atoms with Gasteiger partial charge in [0.1, 0.15) is 23.4 Å². The number of aromatic nitrogens is 4. The van der Waals surface area contributed by atoms with Crippen molar-refractivity contribution in [2.24, 2.45) is 0 Å². The van der Waals surface area contributed by atoms with Crippen LogP contribution in [0.25, 0.3) is 0 Å². The first-order chi connectivity index (χ1) is 13.3. The minimum Gasteiger partial charge on any atom is -0.353 e. The van der Waals surface area contributed by atoms with Crippen LogP contribution in [0.5, 0.6) is 0 Å². The molecule has 3 aliphatic rings. The highest BCUT2D eigenvalue weighted by atomic mass is 15.3. The lowest BCUT2D eigenvalue weighted by atomic mass is 9.83. The van der Waals surface area contributed by atoms with Crippen LogP contribution in [0.3, 0.4) is 0 Å². The van der Waals surface area contributed by atoms with Gasteiger partial charge in [0, 0.05) is 56.0 Å². The molecule has 27 heavy (non-hydrogen) atoms. The highest BCUT2D eigenvalue weighted by molar-refractivity contribution is 5.45. The van der Waals surface area contributed by atoms with Crippen molar-refractivity contribution in [2.45, 2.75) is 43.9 Å². The molecule has 2 aliphatic carbocycles. The van der Waals surface area contributed by atoms with Crippen LogP contribution in [0, 0.1) is 11.3 Å². The third kappa shape index (κ3) is 3.32. The third-order valence-corrected chi connectivity index (χ3v) is 5.86. The molecule has 7 heteroatoms. The molecule has 7 nitrogen and oxygen atoms in total. The lowest BCUT2D eigenvalue weighted by Gasteiger charge is -2.36. The summed E-state index contributed by atoms with van der Waals surface area (Å²) >= 11 is 0. The zero-order valence-electron chi connectivity index (χ0n) is 15.4. The smallest absolute Gasteiger partial charge is 0.226 e. The molecule has 0 amide bonds. The summed E-state index contributed by atoms with van der Waals surface area (Å²) in [4.78, 5) is 23.0. The topological polar surface area (TPSA) is 81.8 Å². The summed E-state index contributed by atoms with van der Waals surface area (Å²) in [6.07, 6.45) is 7.97. The Kier molecular flexibility index (Phi) is 4.12. The molecule has 2 aromatic rings. The zero-order valence-corrected chi connectivity index (χ0v) is 15.4. The van der Waals surface area contributed by atoms with E-state index in [4.69, 9.17) is 15.2 Å². The summed E-state index contributed by atoms with van der Waals surface area (Å²) in [6, 6.07) is 5.95. The lowest BCUT2D eigenvalue weighted by Crippen LogP contribution is -2.47. The number of hydrogen-bond acceptors (Lipinski definition) is 7. The van der Waals surface area contributed by atoms with Gasteiger partial charge in [0.15, 0.2) is 0 Å². The molecule has 0 bridgehead atoms. The minimum absolute atomic E-state index is 0.414. The van der Waals surface area contributed by atoms with Gasteiger partial charge in [0.25, 0.3) is 0 Å². The second kappa shape index (κ2) is 6.76. The molecule has 1 aliphatic heterocycles. The highest BCUT2D eigenvalue weighted by Crippen LogP contribution is 2.41. The van der Waals surface area contributed by atoms with Crippen molar-refractivity contribution < 1.29 is 0 Å². The number of rotatable bonds is 4. The monoisotopic (exact) mass is 361 g/mol. The molecule has 5 rings (SSSR count). The molecular formula is C20H23N7. The van der Waals surface area contributed by atoms with Gasteiger partial charge in [0.05, 0.1) is 0 Å². The number of hydrogen-bond donors (Lipinski definition) is 0. The van der Waals surface area contributed by atoms with Crippen molar-refractivity contribution in [2.75, 3.05) is 36.0 Å². The van der Waals surface area contributed by atoms with E-state index in [0.29, 0.717) is 23.5 Å². The normalized spacial score (nSPS) is 20.3. The SMILES string of the molecule is N#Cc1ccnc(N2CCN(c3cc(C4CCC4)nc(C4CC4)n3)CC2)n1. The van der Waals surface area contributed by atoms with Gasteiger partial charge in [-0.15, -0.1) is 0 Å². The first-order valence-electron chi connectivity index (χ1n) is 9.92. The van der Waals surface area contributed by atoms with Crippen LogP contribution >= 0.6 is 0 Å². The van der Waals surface area contributed by atoms with E-state index in [0.717, 1.165) is 37.8 Å². The van der Waals surface area contributed by atoms with Gasteiger partial charge < -0.3 is 9.80 Å². The first kappa shape index (κ1) is 16.4. The van der Waals surface area contributed by atoms with Gasteiger partial charge in [-0.1, -0.05) is 6.42 Å². The number of piperazine rings is 1. The van der Waals surface area contributed by atoms with Crippen LogP contribution in [0.1, 0.15) is 61.2 Å². The fourth-order valence-corrected chi connectivity index (χ4v) is 3.77. The van der Waals surface area contributed by atoms with E-state index in [1.165, 1.54) is 37.8 Å². The number of nitriles is 1. The Bertz CT molecular complexity index is 874. The van der Waals surface area contributed by atoms with Gasteiger partial charge in [-0.05, 0) is 31.7 Å². The molecule has 2 saturated carbocycles. The molecular weight excluding hydrogens is 338 g/mol. The maximum atomic E-state index is 9.04. The Balaban J connectivity index is 1.33. The molecule has 0 spiro atoms. The summed E-state index contributed by atoms with van der Waals surface area (Å²) in [6.45, 7) is 3.42. The summed E-state index contributed by atoms with van der Waals surface area (Å²) < 4.78 is 0. The van der Waals surface area contributed by atoms with Crippen molar-refractivity contribution in [1.29, 1.82) is 5.26 Å². The van der Waals surface area contributed by atoms with Gasteiger partial charge in [-0.2, -0.15) is 5.26 Å². The molecule has 0 unspecified atom stereocenters. The van der Waals surface area contributed by atoms with Crippen molar-refractivity contribution in [3.05, 3.63) is 35.5 Å². The summed E-state index contributed by atoms with van der Waals surface area (Å²) in [5.41, 5.74) is 1.66. The molecule has 3 heterocycles. The maximum absolute atomic E-state index is 9.04. The molecule has 0 atom stereocenters. The quantitative estimate of drug-likeness (QED) is 0.828. The molecule has 138 valence electrons. The Hall–Kier alpha value is -2.75. The summed E-state index contributed by atoms with van der Waals surface area (Å²) in [5, 5.41) is 9.04. The second-order valence-corrected chi connectivity index (χ2v) is 7.74. The Labute approximate surface area is 159 Å². The Morgan fingerprint density at radius 1 is 0.926 bits per heavy atom. The molecule has 1 saturated heterocycles. The number of anilines is 2. The number of nitrogens with zero attached hydrogens (tertiary/aromatic N) is 7. The average Bonchev–Trinajstić information content (AvgIpc) is 3.52. The van der Waals surface area contributed by atoms with Gasteiger partial charge >= 0.3 is 0 Å². The van der Waals surface area contributed by atoms with Gasteiger partial charge in [-0.3, -0.25) is 0 Å². The van der Waals surface area contributed by atoms with Crippen LogP contribution in [0.15, 0.2) is 18.3 Å². The van der Waals surface area contributed by atoms with Crippen LogP contribution in [-0.2, 0) is 0 Å². The van der Waals surface area contributed by atoms with Crippen molar-refractivity contribution >= 4 is 11.8 Å². The van der Waals surface area contributed by atoms with E-state index < -0.39 is 0 Å². The van der Waals surface area contributed by atoms with E-state index >= 15 is 0 Å². The van der Waals surface area contributed by atoms with Crippen LogP contribution in [0.4, 0.5) is 11.8 Å². The zero-order chi connectivity index (χ0) is 18.2. The van der Waals surface area contributed by atoms with E-state index in [1.807, 2.05) is 0 Å². The van der Waals surface area contributed by atoms with Gasteiger partial charge in [-0.25, -0.2) is 19.9 Å². The standard InChI is InChI=1S/C20H23N7/c21-13-16-6-7-22-20(23-16)27-10-8-26(9-11-27)18-12-17(14-2-1-3-14)24-19(25-18)15-4-5-15/h6-7,12,14-15H,1-5,8-11H2. The van der Waals surface area contributed by atoms with Crippen LogP contribution in [0.2, 0.25) is 0 Å². The molecule has 0 N–H and O–H groups in total. The third-order valence-electron chi connectivity index (χ3n) is 5.86. The molecule has 3 fully saturated rings. The Morgan fingerprint density at radius 3 is 2.37 bits per heavy atom. The maximum Gasteiger partial charge on any atom is 0.226 e. The van der Waals surface area contributed by atoms with E-state index in [1.54, 1.807) is 12.3 Å².